The molecule has 1 aliphatic carbocycles. The van der Waals surface area contributed by atoms with Crippen LogP contribution in [0.25, 0.3) is 0 Å². The predicted octanol–water partition coefficient (Wildman–Crippen LogP) is 1.03. The first-order valence-corrected chi connectivity index (χ1v) is 9.49. The topological polar surface area (TPSA) is 96.3 Å². The summed E-state index contributed by atoms with van der Waals surface area (Å²) >= 11 is 0. The predicted molar refractivity (Wildman–Crippen MR) is 101 cm³/mol. The Balaban J connectivity index is 1.41. The minimum Gasteiger partial charge on any atom is -0.391 e. The fourth-order valence-electron chi connectivity index (χ4n) is 3.49. The number of nitrogens with zero attached hydrogens (tertiary/aromatic N) is 2. The van der Waals surface area contributed by atoms with Crippen molar-refractivity contribution in [1.82, 2.24) is 20.4 Å². The first-order valence-electron chi connectivity index (χ1n) is 9.49. The molecule has 1 aromatic heterocycles. The van der Waals surface area contributed by atoms with E-state index in [1.165, 1.54) is 6.07 Å². The van der Waals surface area contributed by atoms with Crippen molar-refractivity contribution < 1.29 is 19.1 Å². The zero-order chi connectivity index (χ0) is 19.9. The van der Waals surface area contributed by atoms with Crippen molar-refractivity contribution in [3.63, 3.8) is 0 Å². The fourth-order valence-corrected chi connectivity index (χ4v) is 3.49. The van der Waals surface area contributed by atoms with E-state index in [1.807, 2.05) is 12.3 Å². The van der Waals surface area contributed by atoms with Gasteiger partial charge in [0.25, 0.3) is 0 Å². The van der Waals surface area contributed by atoms with Crippen molar-refractivity contribution in [2.75, 3.05) is 6.54 Å². The molecule has 0 radical (unpaired) electrons. The monoisotopic (exact) mass is 388 g/mol. The number of halogens is 1. The number of rotatable bonds is 8. The molecule has 1 heterocycles. The maximum atomic E-state index is 13.7. The van der Waals surface area contributed by atoms with E-state index in [2.05, 4.69) is 15.7 Å². The summed E-state index contributed by atoms with van der Waals surface area (Å²) in [7, 11) is 0. The van der Waals surface area contributed by atoms with Crippen LogP contribution in [0.5, 0.6) is 0 Å². The van der Waals surface area contributed by atoms with Gasteiger partial charge in [0, 0.05) is 31.4 Å². The highest BCUT2D eigenvalue weighted by molar-refractivity contribution is 5.81. The van der Waals surface area contributed by atoms with Crippen LogP contribution >= 0.6 is 0 Å². The van der Waals surface area contributed by atoms with Crippen molar-refractivity contribution in [2.45, 2.75) is 44.4 Å². The lowest BCUT2D eigenvalue weighted by molar-refractivity contribution is -0.125. The van der Waals surface area contributed by atoms with Gasteiger partial charge < -0.3 is 15.7 Å². The molecule has 8 heteroatoms. The lowest BCUT2D eigenvalue weighted by Crippen LogP contribution is -2.41. The highest BCUT2D eigenvalue weighted by Crippen LogP contribution is 2.26. The van der Waals surface area contributed by atoms with Crippen LogP contribution < -0.4 is 10.6 Å². The lowest BCUT2D eigenvalue weighted by atomic mass is 10.1. The highest BCUT2D eigenvalue weighted by atomic mass is 19.1. The average molecular weight is 388 g/mol. The summed E-state index contributed by atoms with van der Waals surface area (Å²) in [4.78, 5) is 24.5. The largest absolute Gasteiger partial charge is 0.391 e. The molecule has 3 rings (SSSR count). The van der Waals surface area contributed by atoms with Gasteiger partial charge in [0.2, 0.25) is 11.8 Å². The summed E-state index contributed by atoms with van der Waals surface area (Å²) in [5, 5.41) is 19.9. The summed E-state index contributed by atoms with van der Waals surface area (Å²) in [6.45, 7) is 1.24. The van der Waals surface area contributed by atoms with Crippen molar-refractivity contribution in [1.29, 1.82) is 0 Å². The maximum absolute atomic E-state index is 13.7. The minimum absolute atomic E-state index is 0.0970. The number of aromatic nitrogens is 2. The van der Waals surface area contributed by atoms with Gasteiger partial charge in [0.1, 0.15) is 5.82 Å². The third-order valence-electron chi connectivity index (χ3n) is 4.98. The Hall–Kier alpha value is -2.74. The van der Waals surface area contributed by atoms with Gasteiger partial charge >= 0.3 is 0 Å². The first kappa shape index (κ1) is 20.0. The number of hydrogen-bond donors (Lipinski definition) is 3. The summed E-state index contributed by atoms with van der Waals surface area (Å²) in [5.41, 5.74) is 0.305. The quantitative estimate of drug-likeness (QED) is 0.589. The second-order valence-corrected chi connectivity index (χ2v) is 7.09. The zero-order valence-corrected chi connectivity index (χ0v) is 15.6. The third kappa shape index (κ3) is 5.39. The highest BCUT2D eigenvalue weighted by Gasteiger charge is 2.37. The van der Waals surface area contributed by atoms with E-state index in [0.29, 0.717) is 24.9 Å². The molecule has 1 aromatic carbocycles. The molecule has 3 N–H and O–H groups in total. The van der Waals surface area contributed by atoms with Crippen LogP contribution in [0, 0.1) is 11.7 Å². The standard InChI is InChI=1S/C20H25FN4O3/c21-16-6-2-1-5-14(16)13-19(27)24-17-11-15(12-18(17)26)20(28)22-7-3-9-25-10-4-8-23-25/h1-2,4-6,8,10,15,17-18,26H,3,7,9,11-13H2,(H,22,28)(H,24,27)/t15-,17-,18-/m0/s1. The molecule has 0 unspecified atom stereocenters. The summed E-state index contributed by atoms with van der Waals surface area (Å²) < 4.78 is 15.5. The Kier molecular flexibility index (Phi) is 6.76. The molecule has 2 aromatic rings. The number of carbonyl (C=O) groups excluding carboxylic acids is 2. The number of aryl methyl sites for hydroxylation is 1. The normalized spacial score (nSPS) is 21.4. The van der Waals surface area contributed by atoms with Crippen molar-refractivity contribution in [3.05, 3.63) is 54.1 Å². The molecule has 1 fully saturated rings. The zero-order valence-electron chi connectivity index (χ0n) is 15.6. The lowest BCUT2D eigenvalue weighted by Gasteiger charge is -2.16. The molecule has 2 amide bonds. The Bertz CT molecular complexity index is 797. The number of benzene rings is 1. The third-order valence-corrected chi connectivity index (χ3v) is 4.98. The van der Waals surface area contributed by atoms with Gasteiger partial charge in [-0.1, -0.05) is 18.2 Å². The summed E-state index contributed by atoms with van der Waals surface area (Å²) in [5.74, 6) is -1.27. The van der Waals surface area contributed by atoms with Crippen LogP contribution in [0.1, 0.15) is 24.8 Å². The molecule has 0 aliphatic heterocycles. The van der Waals surface area contributed by atoms with Crippen LogP contribution in [-0.4, -0.2) is 45.4 Å². The smallest absolute Gasteiger partial charge is 0.224 e. The molecule has 1 saturated carbocycles. The number of aliphatic hydroxyl groups excluding tert-OH is 1. The van der Waals surface area contributed by atoms with E-state index in [-0.39, 0.29) is 24.2 Å². The van der Waals surface area contributed by atoms with Crippen LogP contribution in [0.3, 0.4) is 0 Å². The van der Waals surface area contributed by atoms with Gasteiger partial charge in [-0.05, 0) is 37.0 Å². The van der Waals surface area contributed by atoms with Gasteiger partial charge in [0.05, 0.1) is 18.6 Å². The van der Waals surface area contributed by atoms with Crippen LogP contribution in [0.2, 0.25) is 0 Å². The van der Waals surface area contributed by atoms with E-state index in [1.54, 1.807) is 29.1 Å². The number of aliphatic hydroxyl groups is 1. The summed E-state index contributed by atoms with van der Waals surface area (Å²) in [6.07, 6.45) is 4.11. The Labute approximate surface area is 162 Å². The molecule has 0 bridgehead atoms. The van der Waals surface area contributed by atoms with E-state index < -0.39 is 18.0 Å². The van der Waals surface area contributed by atoms with Crippen molar-refractivity contribution in [3.8, 4) is 0 Å². The number of hydrogen-bond acceptors (Lipinski definition) is 4. The second kappa shape index (κ2) is 9.45. The number of amides is 2. The van der Waals surface area contributed by atoms with Gasteiger partial charge in [-0.15, -0.1) is 0 Å². The molecular formula is C20H25FN4O3. The first-order chi connectivity index (χ1) is 13.5. The second-order valence-electron chi connectivity index (χ2n) is 7.09. The Morgan fingerprint density at radius 3 is 2.82 bits per heavy atom. The van der Waals surface area contributed by atoms with Gasteiger partial charge in [-0.25, -0.2) is 4.39 Å². The van der Waals surface area contributed by atoms with E-state index in [0.717, 1.165) is 13.0 Å². The Morgan fingerprint density at radius 2 is 2.07 bits per heavy atom. The number of carbonyl (C=O) groups is 2. The molecule has 3 atom stereocenters. The number of nitrogens with one attached hydrogen (secondary N) is 2. The molecule has 0 saturated heterocycles. The van der Waals surface area contributed by atoms with Crippen molar-refractivity contribution >= 4 is 11.8 Å². The van der Waals surface area contributed by atoms with E-state index in [9.17, 15) is 19.1 Å². The molecule has 28 heavy (non-hydrogen) atoms. The van der Waals surface area contributed by atoms with Crippen LogP contribution in [0.15, 0.2) is 42.7 Å². The molecule has 0 spiro atoms. The molecule has 150 valence electrons. The van der Waals surface area contributed by atoms with Gasteiger partial charge in [0.15, 0.2) is 0 Å². The SMILES string of the molecule is O=C(Cc1ccccc1F)N[C@H]1C[C@H](C(=O)NCCCn2cccn2)C[C@@H]1O. The minimum atomic E-state index is -0.788. The maximum Gasteiger partial charge on any atom is 0.224 e. The van der Waals surface area contributed by atoms with E-state index >= 15 is 0 Å². The molecule has 1 aliphatic rings. The molecular weight excluding hydrogens is 363 g/mol. The molecule has 7 nitrogen and oxygen atoms in total. The average Bonchev–Trinajstić information content (AvgIpc) is 3.31. The van der Waals surface area contributed by atoms with Crippen LogP contribution in [0.4, 0.5) is 4.39 Å². The summed E-state index contributed by atoms with van der Waals surface area (Å²) in [6, 6.07) is 7.44. The van der Waals surface area contributed by atoms with Crippen LogP contribution in [-0.2, 0) is 22.6 Å². The fraction of sp³-hybridized carbons (Fsp3) is 0.450. The Morgan fingerprint density at radius 1 is 1.25 bits per heavy atom. The van der Waals surface area contributed by atoms with Crippen molar-refractivity contribution in [2.24, 2.45) is 5.92 Å². The van der Waals surface area contributed by atoms with Gasteiger partial charge in [-0.3, -0.25) is 14.3 Å². The van der Waals surface area contributed by atoms with E-state index in [4.69, 9.17) is 0 Å². The van der Waals surface area contributed by atoms with Gasteiger partial charge in [-0.2, -0.15) is 5.10 Å².